The van der Waals surface area contributed by atoms with Crippen molar-refractivity contribution in [3.63, 3.8) is 0 Å². The lowest BCUT2D eigenvalue weighted by atomic mass is 10.0. The zero-order valence-corrected chi connectivity index (χ0v) is 8.24. The number of aryl methyl sites for hydroxylation is 1. The van der Waals surface area contributed by atoms with E-state index in [1.165, 1.54) is 10.7 Å². The van der Waals surface area contributed by atoms with Gasteiger partial charge in [-0.3, -0.25) is 4.68 Å². The molecule has 14 heavy (non-hydrogen) atoms. The van der Waals surface area contributed by atoms with Gasteiger partial charge in [0.2, 0.25) is 6.43 Å². The minimum absolute atomic E-state index is 0.215. The molecular weight excluding hydrogens is 190 g/mol. The first-order valence-corrected chi connectivity index (χ1v) is 4.52. The van der Waals surface area contributed by atoms with Crippen LogP contribution in [0, 0.1) is 0 Å². The van der Waals surface area contributed by atoms with E-state index in [4.69, 9.17) is 5.11 Å². The van der Waals surface area contributed by atoms with E-state index in [-0.39, 0.29) is 6.61 Å². The van der Waals surface area contributed by atoms with Crippen LogP contribution in [0.15, 0.2) is 6.07 Å². The smallest absolute Gasteiger partial charge is 0.246 e. The lowest BCUT2D eigenvalue weighted by molar-refractivity contribution is 0.108. The maximum atomic E-state index is 12.6. The second-order valence-corrected chi connectivity index (χ2v) is 3.19. The highest BCUT2D eigenvalue weighted by atomic mass is 19.3. The van der Waals surface area contributed by atoms with E-state index < -0.39 is 12.3 Å². The van der Waals surface area contributed by atoms with Crippen molar-refractivity contribution >= 4 is 0 Å². The van der Waals surface area contributed by atoms with Crippen molar-refractivity contribution in [2.75, 3.05) is 0 Å². The SMILES string of the molecule is CCC(c1cc(CO)nn1C)C(F)F. The monoisotopic (exact) mass is 204 g/mol. The van der Waals surface area contributed by atoms with Gasteiger partial charge in [0, 0.05) is 12.7 Å². The molecular formula is C9H14F2N2O. The molecule has 3 nitrogen and oxygen atoms in total. The van der Waals surface area contributed by atoms with Crippen LogP contribution in [0.1, 0.15) is 30.7 Å². The van der Waals surface area contributed by atoms with E-state index >= 15 is 0 Å². The molecule has 1 rings (SSSR count). The molecule has 1 unspecified atom stereocenters. The average Bonchev–Trinajstić information content (AvgIpc) is 2.48. The molecule has 5 heteroatoms. The highest BCUT2D eigenvalue weighted by Crippen LogP contribution is 2.26. The van der Waals surface area contributed by atoms with Gasteiger partial charge in [-0.05, 0) is 12.5 Å². The average molecular weight is 204 g/mol. The molecule has 0 aromatic carbocycles. The number of halogens is 2. The number of aliphatic hydroxyl groups excluding tert-OH is 1. The lowest BCUT2D eigenvalue weighted by Gasteiger charge is -2.13. The summed E-state index contributed by atoms with van der Waals surface area (Å²) in [5.74, 6) is -0.798. The van der Waals surface area contributed by atoms with E-state index in [0.29, 0.717) is 17.8 Å². The van der Waals surface area contributed by atoms with Gasteiger partial charge in [0.05, 0.1) is 18.2 Å². The second kappa shape index (κ2) is 4.50. The third kappa shape index (κ3) is 2.09. The first-order valence-electron chi connectivity index (χ1n) is 4.52. The van der Waals surface area contributed by atoms with E-state index in [2.05, 4.69) is 5.10 Å². The van der Waals surface area contributed by atoms with Crippen LogP contribution in [0.4, 0.5) is 8.78 Å². The van der Waals surface area contributed by atoms with Crippen molar-refractivity contribution in [1.82, 2.24) is 9.78 Å². The number of hydrogen-bond donors (Lipinski definition) is 1. The molecule has 1 heterocycles. The molecule has 0 saturated carbocycles. The Labute approximate surface area is 81.4 Å². The molecule has 1 N–H and O–H groups in total. The van der Waals surface area contributed by atoms with Crippen molar-refractivity contribution in [2.24, 2.45) is 7.05 Å². The summed E-state index contributed by atoms with van der Waals surface area (Å²) in [7, 11) is 1.61. The Hall–Kier alpha value is -0.970. The number of aromatic nitrogens is 2. The number of nitrogens with zero attached hydrogens (tertiary/aromatic N) is 2. The minimum Gasteiger partial charge on any atom is -0.390 e. The van der Waals surface area contributed by atoms with Gasteiger partial charge >= 0.3 is 0 Å². The van der Waals surface area contributed by atoms with Gasteiger partial charge in [-0.15, -0.1) is 0 Å². The molecule has 0 aliphatic carbocycles. The van der Waals surface area contributed by atoms with Crippen LogP contribution < -0.4 is 0 Å². The van der Waals surface area contributed by atoms with E-state index in [9.17, 15) is 8.78 Å². The Balaban J connectivity index is 2.97. The third-order valence-corrected chi connectivity index (χ3v) is 2.25. The van der Waals surface area contributed by atoms with Crippen LogP contribution in [0.25, 0.3) is 0 Å². The Morgan fingerprint density at radius 2 is 2.21 bits per heavy atom. The fourth-order valence-corrected chi connectivity index (χ4v) is 1.48. The van der Waals surface area contributed by atoms with E-state index in [0.717, 1.165) is 0 Å². The fraction of sp³-hybridized carbons (Fsp3) is 0.667. The predicted molar refractivity (Wildman–Crippen MR) is 48.2 cm³/mol. The van der Waals surface area contributed by atoms with Crippen LogP contribution in [-0.2, 0) is 13.7 Å². The fourth-order valence-electron chi connectivity index (χ4n) is 1.48. The molecule has 0 radical (unpaired) electrons. The van der Waals surface area contributed by atoms with Gasteiger partial charge in [-0.25, -0.2) is 8.78 Å². The molecule has 0 amide bonds. The summed E-state index contributed by atoms with van der Waals surface area (Å²) in [6.45, 7) is 1.50. The van der Waals surface area contributed by atoms with Crippen LogP contribution in [-0.4, -0.2) is 21.3 Å². The molecule has 0 aliphatic heterocycles. The van der Waals surface area contributed by atoms with Crippen molar-refractivity contribution in [3.8, 4) is 0 Å². The highest BCUT2D eigenvalue weighted by Gasteiger charge is 2.23. The third-order valence-electron chi connectivity index (χ3n) is 2.25. The quantitative estimate of drug-likeness (QED) is 0.810. The molecule has 1 atom stereocenters. The van der Waals surface area contributed by atoms with Crippen molar-refractivity contribution in [3.05, 3.63) is 17.5 Å². The molecule has 0 aliphatic rings. The summed E-state index contributed by atoms with van der Waals surface area (Å²) in [4.78, 5) is 0. The number of rotatable bonds is 4. The van der Waals surface area contributed by atoms with E-state index in [1.807, 2.05) is 0 Å². The summed E-state index contributed by atoms with van der Waals surface area (Å²) < 4.78 is 26.6. The zero-order valence-electron chi connectivity index (χ0n) is 8.24. The molecule has 0 fully saturated rings. The summed E-state index contributed by atoms with van der Waals surface area (Å²) >= 11 is 0. The first kappa shape index (κ1) is 11.1. The highest BCUT2D eigenvalue weighted by molar-refractivity contribution is 5.14. The molecule has 1 aromatic heterocycles. The standard InChI is InChI=1S/C9H14F2N2O/c1-3-7(9(10)11)8-4-6(5-14)12-13(8)2/h4,7,9,14H,3,5H2,1-2H3. The van der Waals surface area contributed by atoms with Crippen molar-refractivity contribution in [1.29, 1.82) is 0 Å². The molecule has 0 spiro atoms. The number of alkyl halides is 2. The summed E-state index contributed by atoms with van der Waals surface area (Å²) in [5.41, 5.74) is 0.910. The van der Waals surface area contributed by atoms with Gasteiger partial charge in [0.15, 0.2) is 0 Å². The van der Waals surface area contributed by atoms with Crippen molar-refractivity contribution in [2.45, 2.75) is 32.3 Å². The lowest BCUT2D eigenvalue weighted by Crippen LogP contribution is -2.12. The first-order chi connectivity index (χ1) is 6.60. The maximum Gasteiger partial charge on any atom is 0.246 e. The molecule has 1 aromatic rings. The Morgan fingerprint density at radius 3 is 2.57 bits per heavy atom. The second-order valence-electron chi connectivity index (χ2n) is 3.19. The van der Waals surface area contributed by atoms with Gasteiger partial charge in [0.25, 0.3) is 0 Å². The normalized spacial score (nSPS) is 13.6. The molecule has 0 saturated heterocycles. The van der Waals surface area contributed by atoms with Crippen molar-refractivity contribution < 1.29 is 13.9 Å². The van der Waals surface area contributed by atoms with Crippen LogP contribution in [0.2, 0.25) is 0 Å². The Bertz CT molecular complexity index is 299. The molecule has 0 bridgehead atoms. The summed E-state index contributed by atoms with van der Waals surface area (Å²) in [5, 5.41) is 12.7. The summed E-state index contributed by atoms with van der Waals surface area (Å²) in [6.07, 6.45) is -2.02. The maximum absolute atomic E-state index is 12.6. The van der Waals surface area contributed by atoms with Gasteiger partial charge in [0.1, 0.15) is 0 Å². The van der Waals surface area contributed by atoms with Crippen LogP contribution >= 0.6 is 0 Å². The predicted octanol–water partition coefficient (Wildman–Crippen LogP) is 1.67. The zero-order chi connectivity index (χ0) is 10.7. The van der Waals surface area contributed by atoms with Gasteiger partial charge < -0.3 is 5.11 Å². The Morgan fingerprint density at radius 1 is 1.57 bits per heavy atom. The Kier molecular flexibility index (Phi) is 3.57. The van der Waals surface area contributed by atoms with Crippen LogP contribution in [0.3, 0.4) is 0 Å². The van der Waals surface area contributed by atoms with Gasteiger partial charge in [-0.1, -0.05) is 6.92 Å². The largest absolute Gasteiger partial charge is 0.390 e. The van der Waals surface area contributed by atoms with Crippen LogP contribution in [0.5, 0.6) is 0 Å². The number of hydrogen-bond acceptors (Lipinski definition) is 2. The topological polar surface area (TPSA) is 38.1 Å². The van der Waals surface area contributed by atoms with E-state index in [1.54, 1.807) is 14.0 Å². The minimum atomic E-state index is -2.39. The summed E-state index contributed by atoms with van der Waals surface area (Å²) in [6, 6.07) is 1.53. The van der Waals surface area contributed by atoms with Gasteiger partial charge in [-0.2, -0.15) is 5.10 Å². The number of aliphatic hydroxyl groups is 1. The molecule has 80 valence electrons.